The molecule has 1 heterocycles. The standard InChI is InChI=1S/C11H11N3O2/c1-2-4-9(10(12)15)14-11(16)8-5-3-6-13-7-8/h1,3,5-7,9H,4H2,(H2,12,15)(H,14,16)/t9-/m0/s1. The van der Waals surface area contributed by atoms with Gasteiger partial charge >= 0.3 is 0 Å². The fraction of sp³-hybridized carbons (Fsp3) is 0.182. The van der Waals surface area contributed by atoms with E-state index in [9.17, 15) is 9.59 Å². The van der Waals surface area contributed by atoms with Gasteiger partial charge in [0.25, 0.3) is 5.91 Å². The Morgan fingerprint density at radius 3 is 2.88 bits per heavy atom. The van der Waals surface area contributed by atoms with Gasteiger partial charge in [-0.05, 0) is 12.1 Å². The minimum atomic E-state index is -0.849. The van der Waals surface area contributed by atoms with Crippen molar-refractivity contribution >= 4 is 11.8 Å². The summed E-state index contributed by atoms with van der Waals surface area (Å²) >= 11 is 0. The van der Waals surface area contributed by atoms with Gasteiger partial charge < -0.3 is 11.1 Å². The van der Waals surface area contributed by atoms with Crippen LogP contribution in [-0.4, -0.2) is 22.8 Å². The van der Waals surface area contributed by atoms with E-state index in [4.69, 9.17) is 12.2 Å². The van der Waals surface area contributed by atoms with Crippen molar-refractivity contribution in [3.8, 4) is 12.3 Å². The molecule has 2 amide bonds. The quantitative estimate of drug-likeness (QED) is 0.678. The Kier molecular flexibility index (Phi) is 4.04. The largest absolute Gasteiger partial charge is 0.368 e. The van der Waals surface area contributed by atoms with Gasteiger partial charge in [-0.15, -0.1) is 12.3 Å². The summed E-state index contributed by atoms with van der Waals surface area (Å²) in [4.78, 5) is 26.3. The maximum absolute atomic E-state index is 11.6. The third-order valence-corrected chi connectivity index (χ3v) is 1.89. The molecule has 3 N–H and O–H groups in total. The molecule has 0 spiro atoms. The highest BCUT2D eigenvalue weighted by Gasteiger charge is 2.17. The monoisotopic (exact) mass is 217 g/mol. The van der Waals surface area contributed by atoms with E-state index in [1.54, 1.807) is 18.3 Å². The Labute approximate surface area is 93.1 Å². The molecule has 5 nitrogen and oxygen atoms in total. The number of nitrogens with two attached hydrogens (primary N) is 1. The smallest absolute Gasteiger partial charge is 0.253 e. The number of hydrogen-bond donors (Lipinski definition) is 2. The number of nitrogens with zero attached hydrogens (tertiary/aromatic N) is 1. The molecule has 16 heavy (non-hydrogen) atoms. The summed E-state index contributed by atoms with van der Waals surface area (Å²) in [5.41, 5.74) is 5.44. The van der Waals surface area contributed by atoms with Crippen LogP contribution in [0.5, 0.6) is 0 Å². The third kappa shape index (κ3) is 3.10. The lowest BCUT2D eigenvalue weighted by molar-refractivity contribution is -0.119. The second-order valence-electron chi connectivity index (χ2n) is 3.08. The number of carbonyl (C=O) groups excluding carboxylic acids is 2. The Balaban J connectivity index is 2.70. The second kappa shape index (κ2) is 5.51. The number of nitrogens with one attached hydrogen (secondary N) is 1. The van der Waals surface area contributed by atoms with Gasteiger partial charge in [0.05, 0.1) is 5.56 Å². The van der Waals surface area contributed by atoms with Gasteiger partial charge in [0, 0.05) is 18.8 Å². The summed E-state index contributed by atoms with van der Waals surface area (Å²) in [7, 11) is 0. The minimum absolute atomic E-state index is 0.0708. The summed E-state index contributed by atoms with van der Waals surface area (Å²) in [6, 6.07) is 2.35. The summed E-state index contributed by atoms with van der Waals surface area (Å²) in [6.07, 6.45) is 8.07. The van der Waals surface area contributed by atoms with Crippen molar-refractivity contribution < 1.29 is 9.59 Å². The molecule has 0 aromatic carbocycles. The molecule has 1 rings (SSSR count). The topological polar surface area (TPSA) is 85.1 Å². The number of aromatic nitrogens is 1. The van der Waals surface area contributed by atoms with Gasteiger partial charge in [0.1, 0.15) is 6.04 Å². The highest BCUT2D eigenvalue weighted by molar-refractivity contribution is 5.97. The van der Waals surface area contributed by atoms with Gasteiger partial charge in [0.15, 0.2) is 0 Å². The number of carbonyl (C=O) groups is 2. The first-order valence-corrected chi connectivity index (χ1v) is 4.59. The van der Waals surface area contributed by atoms with Crippen LogP contribution in [0.2, 0.25) is 0 Å². The van der Waals surface area contributed by atoms with Gasteiger partial charge in [-0.25, -0.2) is 0 Å². The van der Waals surface area contributed by atoms with Gasteiger partial charge in [0.2, 0.25) is 5.91 Å². The van der Waals surface area contributed by atoms with Crippen LogP contribution in [0.15, 0.2) is 24.5 Å². The molecule has 0 radical (unpaired) electrons. The van der Waals surface area contributed by atoms with Crippen LogP contribution in [0.1, 0.15) is 16.8 Å². The SMILES string of the molecule is C#CC[C@H](NC(=O)c1cccnc1)C(N)=O. The zero-order valence-corrected chi connectivity index (χ0v) is 8.51. The Morgan fingerprint density at radius 1 is 1.62 bits per heavy atom. The zero-order chi connectivity index (χ0) is 12.0. The predicted octanol–water partition coefficient (Wildman–Crippen LogP) is -0.311. The van der Waals surface area contributed by atoms with E-state index in [-0.39, 0.29) is 6.42 Å². The van der Waals surface area contributed by atoms with E-state index < -0.39 is 17.9 Å². The second-order valence-corrected chi connectivity index (χ2v) is 3.08. The fourth-order valence-corrected chi connectivity index (χ4v) is 1.08. The Bertz CT molecular complexity index is 423. The van der Waals surface area contributed by atoms with Crippen LogP contribution in [0.25, 0.3) is 0 Å². The lowest BCUT2D eigenvalue weighted by Gasteiger charge is -2.12. The first kappa shape index (κ1) is 11.7. The molecule has 0 fully saturated rings. The lowest BCUT2D eigenvalue weighted by Crippen LogP contribution is -2.44. The average molecular weight is 217 g/mol. The molecule has 0 aliphatic carbocycles. The van der Waals surface area contributed by atoms with Crippen LogP contribution in [0.3, 0.4) is 0 Å². The van der Waals surface area contributed by atoms with E-state index >= 15 is 0 Å². The van der Waals surface area contributed by atoms with E-state index in [2.05, 4.69) is 16.2 Å². The van der Waals surface area contributed by atoms with Crippen LogP contribution in [-0.2, 0) is 4.79 Å². The summed E-state index contributed by atoms with van der Waals surface area (Å²) in [5.74, 6) is 1.19. The molecule has 0 aliphatic rings. The molecular weight excluding hydrogens is 206 g/mol. The summed E-state index contributed by atoms with van der Waals surface area (Å²) in [6.45, 7) is 0. The van der Waals surface area contributed by atoms with E-state index in [0.717, 1.165) is 0 Å². The lowest BCUT2D eigenvalue weighted by atomic mass is 10.2. The maximum atomic E-state index is 11.6. The molecule has 1 atom stereocenters. The number of rotatable bonds is 4. The molecule has 82 valence electrons. The average Bonchev–Trinajstić information content (AvgIpc) is 2.29. The van der Waals surface area contributed by atoms with Crippen molar-refractivity contribution in [2.75, 3.05) is 0 Å². The maximum Gasteiger partial charge on any atom is 0.253 e. The molecule has 0 saturated carbocycles. The number of hydrogen-bond acceptors (Lipinski definition) is 3. The molecule has 5 heteroatoms. The molecular formula is C11H11N3O2. The molecule has 1 aromatic heterocycles. The van der Waals surface area contributed by atoms with Crippen molar-refractivity contribution in [1.29, 1.82) is 0 Å². The number of amides is 2. The number of pyridine rings is 1. The highest BCUT2D eigenvalue weighted by Crippen LogP contribution is 1.98. The molecule has 0 bridgehead atoms. The van der Waals surface area contributed by atoms with Crippen molar-refractivity contribution in [1.82, 2.24) is 10.3 Å². The van der Waals surface area contributed by atoms with Gasteiger partial charge in [-0.2, -0.15) is 0 Å². The van der Waals surface area contributed by atoms with E-state index in [1.807, 2.05) is 0 Å². The summed E-state index contributed by atoms with van der Waals surface area (Å²) in [5, 5.41) is 2.44. The molecule has 0 saturated heterocycles. The fourth-order valence-electron chi connectivity index (χ4n) is 1.08. The zero-order valence-electron chi connectivity index (χ0n) is 8.51. The first-order valence-electron chi connectivity index (χ1n) is 4.59. The van der Waals surface area contributed by atoms with Crippen molar-refractivity contribution in [3.05, 3.63) is 30.1 Å². The first-order chi connectivity index (χ1) is 7.65. The number of terminal acetylenes is 1. The molecule has 0 aliphatic heterocycles. The highest BCUT2D eigenvalue weighted by atomic mass is 16.2. The molecule has 1 aromatic rings. The van der Waals surface area contributed by atoms with Crippen LogP contribution in [0.4, 0.5) is 0 Å². The van der Waals surface area contributed by atoms with E-state index in [0.29, 0.717) is 5.56 Å². The Morgan fingerprint density at radius 2 is 2.38 bits per heavy atom. The van der Waals surface area contributed by atoms with Gasteiger partial charge in [-0.1, -0.05) is 0 Å². The van der Waals surface area contributed by atoms with Crippen molar-refractivity contribution in [3.63, 3.8) is 0 Å². The van der Waals surface area contributed by atoms with Crippen LogP contribution >= 0.6 is 0 Å². The third-order valence-electron chi connectivity index (χ3n) is 1.89. The van der Waals surface area contributed by atoms with Crippen molar-refractivity contribution in [2.45, 2.75) is 12.5 Å². The number of primary amides is 1. The molecule has 0 unspecified atom stereocenters. The van der Waals surface area contributed by atoms with Gasteiger partial charge in [-0.3, -0.25) is 14.6 Å². The van der Waals surface area contributed by atoms with Crippen LogP contribution in [0, 0.1) is 12.3 Å². The van der Waals surface area contributed by atoms with E-state index in [1.165, 1.54) is 6.20 Å². The predicted molar refractivity (Wildman–Crippen MR) is 58.1 cm³/mol. The minimum Gasteiger partial charge on any atom is -0.368 e. The summed E-state index contributed by atoms with van der Waals surface area (Å²) < 4.78 is 0. The Hall–Kier alpha value is -2.35. The van der Waals surface area contributed by atoms with Crippen LogP contribution < -0.4 is 11.1 Å². The normalized spacial score (nSPS) is 11.2. The van der Waals surface area contributed by atoms with Crippen molar-refractivity contribution in [2.24, 2.45) is 5.73 Å².